The lowest BCUT2D eigenvalue weighted by molar-refractivity contribution is -0.137. The molecule has 0 fully saturated rings. The molecule has 11 heteroatoms. The van der Waals surface area contributed by atoms with Gasteiger partial charge in [-0.25, -0.2) is 24.9 Å². The van der Waals surface area contributed by atoms with Crippen molar-refractivity contribution in [2.45, 2.75) is 32.5 Å². The van der Waals surface area contributed by atoms with E-state index in [2.05, 4.69) is 30.2 Å². The molecular weight excluding hydrogens is 449 g/mol. The summed E-state index contributed by atoms with van der Waals surface area (Å²) in [5, 5.41) is 3.23. The zero-order valence-corrected chi connectivity index (χ0v) is 18.4. The van der Waals surface area contributed by atoms with E-state index in [0.717, 1.165) is 23.9 Å². The van der Waals surface area contributed by atoms with Gasteiger partial charge in [0.15, 0.2) is 23.0 Å². The summed E-state index contributed by atoms with van der Waals surface area (Å²) in [5.74, 6) is 1.08. The third-order valence-corrected chi connectivity index (χ3v) is 4.62. The normalized spacial score (nSPS) is 11.6. The van der Waals surface area contributed by atoms with E-state index in [9.17, 15) is 13.2 Å². The van der Waals surface area contributed by atoms with Crippen molar-refractivity contribution in [3.63, 3.8) is 0 Å². The molecule has 34 heavy (non-hydrogen) atoms. The molecule has 4 aromatic rings. The van der Waals surface area contributed by atoms with E-state index in [1.807, 2.05) is 19.9 Å². The summed E-state index contributed by atoms with van der Waals surface area (Å²) in [6.07, 6.45) is 1.57. The fraction of sp³-hybridized carbons (Fsp3) is 0.261. The molecule has 0 unspecified atom stereocenters. The molecule has 3 heterocycles. The van der Waals surface area contributed by atoms with E-state index in [1.165, 1.54) is 6.33 Å². The number of nitrogens with zero attached hydrogens (tertiary/aromatic N) is 5. The Morgan fingerprint density at radius 1 is 0.912 bits per heavy atom. The topological polar surface area (TPSA) is 94.9 Å². The minimum atomic E-state index is -4.49. The van der Waals surface area contributed by atoms with Gasteiger partial charge in [0.2, 0.25) is 5.88 Å². The van der Waals surface area contributed by atoms with Gasteiger partial charge in [-0.2, -0.15) is 13.2 Å². The molecule has 0 atom stereocenters. The first-order chi connectivity index (χ1) is 16.3. The molecule has 0 bridgehead atoms. The van der Waals surface area contributed by atoms with Crippen LogP contribution in [0.25, 0.3) is 11.2 Å². The number of nitrogens with one attached hydrogen (secondary N) is 1. The number of anilines is 1. The molecule has 176 valence electrons. The molecule has 0 amide bonds. The van der Waals surface area contributed by atoms with Crippen molar-refractivity contribution >= 4 is 17.0 Å². The quantitative estimate of drug-likeness (QED) is 0.382. The highest BCUT2D eigenvalue weighted by molar-refractivity contribution is 5.81. The van der Waals surface area contributed by atoms with Crippen LogP contribution in [-0.2, 0) is 12.6 Å². The highest BCUT2D eigenvalue weighted by atomic mass is 19.4. The first-order valence-corrected chi connectivity index (χ1v) is 10.5. The van der Waals surface area contributed by atoms with Gasteiger partial charge in [0.25, 0.3) is 0 Å². The van der Waals surface area contributed by atoms with Crippen molar-refractivity contribution in [2.75, 3.05) is 11.9 Å². The highest BCUT2D eigenvalue weighted by Crippen LogP contribution is 2.35. The Hall–Kier alpha value is -4.02. The predicted octanol–water partition coefficient (Wildman–Crippen LogP) is 5.07. The summed E-state index contributed by atoms with van der Waals surface area (Å²) in [5.41, 5.74) is 1.16. The lowest BCUT2D eigenvalue weighted by Gasteiger charge is -2.16. The van der Waals surface area contributed by atoms with E-state index in [1.54, 1.807) is 24.5 Å². The zero-order chi connectivity index (χ0) is 24.1. The molecular formula is C23H21F3N6O2. The molecule has 0 aliphatic rings. The van der Waals surface area contributed by atoms with Crippen LogP contribution in [0.3, 0.4) is 0 Å². The van der Waals surface area contributed by atoms with Crippen LogP contribution in [0, 0.1) is 0 Å². The Kier molecular flexibility index (Phi) is 6.71. The van der Waals surface area contributed by atoms with E-state index in [0.29, 0.717) is 35.7 Å². The third-order valence-electron chi connectivity index (χ3n) is 4.62. The Labute approximate surface area is 193 Å². The van der Waals surface area contributed by atoms with Crippen molar-refractivity contribution in [3.8, 4) is 17.4 Å². The second-order valence-electron chi connectivity index (χ2n) is 7.56. The predicted molar refractivity (Wildman–Crippen MR) is 119 cm³/mol. The number of hydrogen-bond acceptors (Lipinski definition) is 8. The van der Waals surface area contributed by atoms with Gasteiger partial charge in [0.1, 0.15) is 11.8 Å². The Bertz CT molecular complexity index is 1280. The molecule has 8 nitrogen and oxygen atoms in total. The van der Waals surface area contributed by atoms with Gasteiger partial charge in [-0.05, 0) is 44.0 Å². The van der Waals surface area contributed by atoms with Gasteiger partial charge in [-0.3, -0.25) is 0 Å². The van der Waals surface area contributed by atoms with Crippen LogP contribution in [0.5, 0.6) is 17.4 Å². The number of aromatic nitrogens is 5. The van der Waals surface area contributed by atoms with Crippen LogP contribution in [0.4, 0.5) is 19.0 Å². The van der Waals surface area contributed by atoms with Gasteiger partial charge in [-0.15, -0.1) is 0 Å². The van der Waals surface area contributed by atoms with Crippen molar-refractivity contribution in [2.24, 2.45) is 0 Å². The number of fused-ring (bicyclic) bond motifs is 1. The summed E-state index contributed by atoms with van der Waals surface area (Å²) in [7, 11) is 0. The average Bonchev–Trinajstić information content (AvgIpc) is 2.80. The first kappa shape index (κ1) is 23.1. The zero-order valence-electron chi connectivity index (χ0n) is 18.4. The van der Waals surface area contributed by atoms with Crippen molar-refractivity contribution in [1.82, 2.24) is 24.9 Å². The smallest absolute Gasteiger partial charge is 0.416 e. The standard InChI is InChI=1S/C23H21F3N6O2/c1-14(2)33-18-11-15(5-7-29-21-20-22(32-13-31-21)30-10-9-28-20)3-4-17(18)34-19-12-16(6-8-27-19)23(24,25)26/h3-4,6,8-14H,5,7H2,1-2H3,(H,29,30,31,32). The average molecular weight is 470 g/mol. The highest BCUT2D eigenvalue weighted by Gasteiger charge is 2.31. The van der Waals surface area contributed by atoms with Crippen molar-refractivity contribution in [1.29, 1.82) is 0 Å². The van der Waals surface area contributed by atoms with E-state index in [4.69, 9.17) is 9.47 Å². The summed E-state index contributed by atoms with van der Waals surface area (Å²) < 4.78 is 50.5. The summed E-state index contributed by atoms with van der Waals surface area (Å²) in [6, 6.07) is 7.01. The van der Waals surface area contributed by atoms with E-state index < -0.39 is 11.7 Å². The van der Waals surface area contributed by atoms with Gasteiger partial charge in [0, 0.05) is 31.2 Å². The van der Waals surface area contributed by atoms with Crippen molar-refractivity contribution in [3.05, 3.63) is 66.4 Å². The second kappa shape index (κ2) is 9.86. The molecule has 1 aromatic carbocycles. The summed E-state index contributed by atoms with van der Waals surface area (Å²) in [6.45, 7) is 4.24. The largest absolute Gasteiger partial charge is 0.487 e. The number of alkyl halides is 3. The minimum absolute atomic E-state index is 0.170. The lowest BCUT2D eigenvalue weighted by atomic mass is 10.1. The van der Waals surface area contributed by atoms with Gasteiger partial charge in [-0.1, -0.05) is 6.07 Å². The number of hydrogen-bond donors (Lipinski definition) is 1. The second-order valence-corrected chi connectivity index (χ2v) is 7.56. The SMILES string of the molecule is CC(C)Oc1cc(CCNc2ncnc3nccnc23)ccc1Oc1cc(C(F)(F)F)ccn1. The molecule has 0 saturated carbocycles. The van der Waals surface area contributed by atoms with Gasteiger partial charge >= 0.3 is 6.18 Å². The maximum absolute atomic E-state index is 13.0. The van der Waals surface area contributed by atoms with Crippen LogP contribution in [0.1, 0.15) is 25.0 Å². The Balaban J connectivity index is 1.49. The maximum Gasteiger partial charge on any atom is 0.416 e. The number of ether oxygens (including phenoxy) is 2. The molecule has 4 rings (SSSR count). The van der Waals surface area contributed by atoms with Crippen molar-refractivity contribution < 1.29 is 22.6 Å². The lowest BCUT2D eigenvalue weighted by Crippen LogP contribution is -2.10. The van der Waals surface area contributed by atoms with Gasteiger partial charge in [0.05, 0.1) is 11.7 Å². The van der Waals surface area contributed by atoms with E-state index in [-0.39, 0.29) is 17.7 Å². The van der Waals surface area contributed by atoms with Crippen LogP contribution in [0.2, 0.25) is 0 Å². The van der Waals surface area contributed by atoms with Crippen LogP contribution < -0.4 is 14.8 Å². The first-order valence-electron chi connectivity index (χ1n) is 10.5. The molecule has 1 N–H and O–H groups in total. The fourth-order valence-corrected chi connectivity index (χ4v) is 3.14. The molecule has 0 spiro atoms. The number of pyridine rings is 1. The molecule has 0 saturated heterocycles. The number of halogens is 3. The fourth-order valence-electron chi connectivity index (χ4n) is 3.14. The Morgan fingerprint density at radius 2 is 1.74 bits per heavy atom. The molecule has 0 aliphatic heterocycles. The monoisotopic (exact) mass is 470 g/mol. The van der Waals surface area contributed by atoms with Crippen LogP contribution in [0.15, 0.2) is 55.2 Å². The number of rotatable bonds is 8. The van der Waals surface area contributed by atoms with Gasteiger partial charge < -0.3 is 14.8 Å². The molecule has 3 aromatic heterocycles. The minimum Gasteiger partial charge on any atom is -0.487 e. The molecule has 0 aliphatic carbocycles. The summed E-state index contributed by atoms with van der Waals surface area (Å²) >= 11 is 0. The van der Waals surface area contributed by atoms with E-state index >= 15 is 0 Å². The summed E-state index contributed by atoms with van der Waals surface area (Å²) in [4.78, 5) is 20.6. The maximum atomic E-state index is 13.0. The molecule has 0 radical (unpaired) electrons. The van der Waals surface area contributed by atoms with Crippen LogP contribution >= 0.6 is 0 Å². The third kappa shape index (κ3) is 5.66. The number of benzene rings is 1. The Morgan fingerprint density at radius 3 is 2.53 bits per heavy atom. The van der Waals surface area contributed by atoms with Crippen LogP contribution in [-0.4, -0.2) is 37.6 Å².